The van der Waals surface area contributed by atoms with Gasteiger partial charge >= 0.3 is 0 Å². The molecule has 0 spiro atoms. The van der Waals surface area contributed by atoms with Gasteiger partial charge in [-0.2, -0.15) is 0 Å². The van der Waals surface area contributed by atoms with Crippen LogP contribution in [0.4, 0.5) is 0 Å². The van der Waals surface area contributed by atoms with E-state index >= 15 is 0 Å². The number of hydrogen-bond acceptors (Lipinski definition) is 4. The highest BCUT2D eigenvalue weighted by Crippen LogP contribution is 2.23. The number of aromatic nitrogens is 1. The lowest BCUT2D eigenvalue weighted by Crippen LogP contribution is -2.34. The van der Waals surface area contributed by atoms with Gasteiger partial charge in [-0.25, -0.2) is 0 Å². The summed E-state index contributed by atoms with van der Waals surface area (Å²) in [5.41, 5.74) is 2.06. The Labute approximate surface area is 145 Å². The summed E-state index contributed by atoms with van der Waals surface area (Å²) in [5.74, 6) is -0.189. The van der Waals surface area contributed by atoms with Crippen molar-refractivity contribution < 1.29 is 9.59 Å². The van der Waals surface area contributed by atoms with Gasteiger partial charge in [-0.15, -0.1) is 11.3 Å². The summed E-state index contributed by atoms with van der Waals surface area (Å²) in [6.07, 6.45) is 2.01. The predicted molar refractivity (Wildman–Crippen MR) is 93.3 cm³/mol. The van der Waals surface area contributed by atoms with Crippen molar-refractivity contribution in [3.05, 3.63) is 52.0 Å². The Balaban J connectivity index is 1.60. The topological polar surface area (TPSA) is 53.5 Å². The Morgan fingerprint density at radius 3 is 2.92 bits per heavy atom. The van der Waals surface area contributed by atoms with Crippen molar-refractivity contribution in [2.75, 3.05) is 13.6 Å². The first-order valence-corrected chi connectivity index (χ1v) is 8.88. The van der Waals surface area contributed by atoms with Crippen molar-refractivity contribution in [3.63, 3.8) is 0 Å². The van der Waals surface area contributed by atoms with E-state index in [1.807, 2.05) is 30.6 Å². The van der Waals surface area contributed by atoms with Crippen LogP contribution in [0.1, 0.15) is 22.6 Å². The molecule has 3 heterocycles. The second kappa shape index (κ2) is 7.13. The molecule has 0 aromatic carbocycles. The molecule has 2 aromatic rings. The van der Waals surface area contributed by atoms with E-state index in [0.29, 0.717) is 26.1 Å². The van der Waals surface area contributed by atoms with E-state index < -0.39 is 0 Å². The number of rotatable bonds is 5. The molecule has 2 aromatic heterocycles. The van der Waals surface area contributed by atoms with Crippen LogP contribution < -0.4 is 0 Å². The second-order valence-electron chi connectivity index (χ2n) is 6.22. The Morgan fingerprint density at radius 2 is 2.25 bits per heavy atom. The van der Waals surface area contributed by atoms with Crippen LogP contribution in [-0.4, -0.2) is 40.2 Å². The minimum Gasteiger partial charge on any atom is -0.340 e. The molecule has 1 atom stereocenters. The zero-order valence-electron chi connectivity index (χ0n) is 13.9. The normalized spacial score (nSPS) is 17.3. The maximum atomic E-state index is 12.7. The van der Waals surface area contributed by atoms with Crippen LogP contribution in [0.25, 0.3) is 0 Å². The van der Waals surface area contributed by atoms with Crippen molar-refractivity contribution in [2.24, 2.45) is 5.92 Å². The number of carbonyl (C=O) groups excluding carboxylic acids is 2. The molecule has 0 N–H and O–H groups in total. The lowest BCUT2D eigenvalue weighted by molar-refractivity contribution is -0.135. The van der Waals surface area contributed by atoms with E-state index in [9.17, 15) is 9.59 Å². The van der Waals surface area contributed by atoms with E-state index in [1.54, 1.807) is 27.3 Å². The quantitative estimate of drug-likeness (QED) is 0.838. The number of pyridine rings is 1. The maximum Gasteiger partial charge on any atom is 0.228 e. The molecule has 5 nitrogen and oxygen atoms in total. The highest BCUT2D eigenvalue weighted by atomic mass is 32.1. The van der Waals surface area contributed by atoms with Gasteiger partial charge < -0.3 is 9.80 Å². The molecule has 1 fully saturated rings. The monoisotopic (exact) mass is 343 g/mol. The SMILES string of the molecule is Cc1ccsc1CN(C)C(=O)[C@H]1CC(=O)N(Cc2ccccn2)C1. The fraction of sp³-hybridized carbons (Fsp3) is 0.389. The zero-order chi connectivity index (χ0) is 17.1. The van der Waals surface area contributed by atoms with Gasteiger partial charge in [0.25, 0.3) is 0 Å². The van der Waals surface area contributed by atoms with Crippen molar-refractivity contribution in [1.29, 1.82) is 0 Å². The number of carbonyl (C=O) groups is 2. The number of likely N-dealkylation sites (tertiary alicyclic amines) is 1. The first-order valence-electron chi connectivity index (χ1n) is 8.00. The van der Waals surface area contributed by atoms with Crippen LogP contribution >= 0.6 is 11.3 Å². The molecule has 0 aliphatic carbocycles. The van der Waals surface area contributed by atoms with Gasteiger partial charge in [0.1, 0.15) is 0 Å². The molecule has 0 unspecified atom stereocenters. The van der Waals surface area contributed by atoms with E-state index in [2.05, 4.69) is 18.0 Å². The average molecular weight is 343 g/mol. The van der Waals surface area contributed by atoms with Crippen molar-refractivity contribution in [3.8, 4) is 0 Å². The van der Waals surface area contributed by atoms with Gasteiger partial charge in [-0.05, 0) is 36.1 Å². The summed E-state index contributed by atoms with van der Waals surface area (Å²) in [5, 5.41) is 2.04. The number of nitrogens with zero attached hydrogens (tertiary/aromatic N) is 3. The van der Waals surface area contributed by atoms with E-state index in [1.165, 1.54) is 10.4 Å². The van der Waals surface area contributed by atoms with Gasteiger partial charge in [0, 0.05) is 31.1 Å². The van der Waals surface area contributed by atoms with Gasteiger partial charge in [-0.1, -0.05) is 6.07 Å². The van der Waals surface area contributed by atoms with Gasteiger partial charge in [-0.3, -0.25) is 14.6 Å². The Bertz CT molecular complexity index is 729. The minimum atomic E-state index is -0.258. The molecule has 6 heteroatoms. The van der Waals surface area contributed by atoms with Gasteiger partial charge in [0.15, 0.2) is 0 Å². The van der Waals surface area contributed by atoms with Crippen LogP contribution in [0, 0.1) is 12.8 Å². The van der Waals surface area contributed by atoms with Crippen molar-refractivity contribution in [1.82, 2.24) is 14.8 Å². The van der Waals surface area contributed by atoms with Gasteiger partial charge in [0.2, 0.25) is 11.8 Å². The van der Waals surface area contributed by atoms with E-state index in [0.717, 1.165) is 5.69 Å². The summed E-state index contributed by atoms with van der Waals surface area (Å²) < 4.78 is 0. The van der Waals surface area contributed by atoms with Gasteiger partial charge in [0.05, 0.1) is 24.7 Å². The summed E-state index contributed by atoms with van der Waals surface area (Å²) >= 11 is 1.66. The highest BCUT2D eigenvalue weighted by Gasteiger charge is 2.35. The third-order valence-electron chi connectivity index (χ3n) is 4.37. The number of aryl methyl sites for hydroxylation is 1. The second-order valence-corrected chi connectivity index (χ2v) is 7.22. The molecule has 1 aliphatic rings. The molecule has 0 bridgehead atoms. The fourth-order valence-electron chi connectivity index (χ4n) is 2.95. The number of thiophene rings is 1. The molecule has 1 aliphatic heterocycles. The van der Waals surface area contributed by atoms with Crippen LogP contribution in [-0.2, 0) is 22.7 Å². The Kier molecular flexibility index (Phi) is 4.94. The standard InChI is InChI=1S/C18H21N3O2S/c1-13-6-8-24-16(13)12-20(2)18(23)14-9-17(22)21(10-14)11-15-5-3-4-7-19-15/h3-8,14H,9-12H2,1-2H3/t14-/m0/s1. The van der Waals surface area contributed by atoms with Crippen molar-refractivity contribution >= 4 is 23.2 Å². The summed E-state index contributed by atoms with van der Waals surface area (Å²) in [6, 6.07) is 7.71. The first kappa shape index (κ1) is 16.6. The zero-order valence-corrected chi connectivity index (χ0v) is 14.8. The van der Waals surface area contributed by atoms with Crippen LogP contribution in [0.3, 0.4) is 0 Å². The van der Waals surface area contributed by atoms with Crippen molar-refractivity contribution in [2.45, 2.75) is 26.4 Å². The molecule has 1 saturated heterocycles. The number of amides is 2. The molecular weight excluding hydrogens is 322 g/mol. The lowest BCUT2D eigenvalue weighted by Gasteiger charge is -2.21. The molecule has 3 rings (SSSR count). The molecule has 0 radical (unpaired) electrons. The maximum absolute atomic E-state index is 12.7. The first-order chi connectivity index (χ1) is 11.5. The lowest BCUT2D eigenvalue weighted by atomic mass is 10.1. The molecule has 2 amide bonds. The Hall–Kier alpha value is -2.21. The van der Waals surface area contributed by atoms with Crippen LogP contribution in [0.2, 0.25) is 0 Å². The molecule has 126 valence electrons. The summed E-state index contributed by atoms with van der Waals surface area (Å²) in [7, 11) is 1.81. The molecule has 0 saturated carbocycles. The van der Waals surface area contributed by atoms with Crippen LogP contribution in [0.15, 0.2) is 35.8 Å². The fourth-order valence-corrected chi connectivity index (χ4v) is 3.91. The third kappa shape index (κ3) is 3.64. The smallest absolute Gasteiger partial charge is 0.228 e. The van der Waals surface area contributed by atoms with E-state index in [-0.39, 0.29) is 17.7 Å². The Morgan fingerprint density at radius 1 is 1.42 bits per heavy atom. The average Bonchev–Trinajstić information content (AvgIpc) is 3.14. The third-order valence-corrected chi connectivity index (χ3v) is 5.38. The number of hydrogen-bond donors (Lipinski definition) is 0. The predicted octanol–water partition coefficient (Wildman–Crippen LogP) is 2.46. The highest BCUT2D eigenvalue weighted by molar-refractivity contribution is 7.10. The van der Waals surface area contributed by atoms with E-state index in [4.69, 9.17) is 0 Å². The minimum absolute atomic E-state index is 0.0275. The molecular formula is C18H21N3O2S. The largest absolute Gasteiger partial charge is 0.340 e. The summed E-state index contributed by atoms with van der Waals surface area (Å²) in [6.45, 7) is 3.60. The summed E-state index contributed by atoms with van der Waals surface area (Å²) in [4.78, 5) is 33.8. The molecule has 24 heavy (non-hydrogen) atoms. The van der Waals surface area contributed by atoms with Crippen LogP contribution in [0.5, 0.6) is 0 Å².